The molecule has 0 saturated carbocycles. The molecule has 1 aromatic heterocycles. The highest BCUT2D eigenvalue weighted by Crippen LogP contribution is 2.19. The van der Waals surface area contributed by atoms with Crippen LogP contribution in [0.3, 0.4) is 0 Å². The van der Waals surface area contributed by atoms with E-state index in [1.54, 1.807) is 0 Å². The van der Waals surface area contributed by atoms with E-state index in [1.807, 2.05) is 12.3 Å². The van der Waals surface area contributed by atoms with E-state index in [9.17, 15) is 4.39 Å². The Morgan fingerprint density at radius 1 is 1.41 bits per heavy atom. The van der Waals surface area contributed by atoms with Gasteiger partial charge in [0.05, 0.1) is 6.10 Å². The van der Waals surface area contributed by atoms with Crippen LogP contribution < -0.4 is 10.6 Å². The largest absolute Gasteiger partial charge is 0.376 e. The zero-order chi connectivity index (χ0) is 15.4. The SMILES string of the molecule is Fc1ccc2c(CCNC(=S)NCC3CCCO3)c[nH]c2c1. The van der Waals surface area contributed by atoms with E-state index in [-0.39, 0.29) is 11.9 Å². The van der Waals surface area contributed by atoms with Gasteiger partial charge >= 0.3 is 0 Å². The summed E-state index contributed by atoms with van der Waals surface area (Å²) < 4.78 is 18.7. The maximum absolute atomic E-state index is 13.1. The molecule has 0 amide bonds. The lowest BCUT2D eigenvalue weighted by atomic mass is 10.1. The summed E-state index contributed by atoms with van der Waals surface area (Å²) in [4.78, 5) is 3.10. The van der Waals surface area contributed by atoms with Crippen LogP contribution in [-0.2, 0) is 11.2 Å². The number of thiocarbonyl (C=S) groups is 1. The molecule has 1 saturated heterocycles. The summed E-state index contributed by atoms with van der Waals surface area (Å²) in [6.45, 7) is 2.35. The molecule has 3 N–H and O–H groups in total. The van der Waals surface area contributed by atoms with Gasteiger partial charge in [0.2, 0.25) is 0 Å². The number of nitrogens with one attached hydrogen (secondary N) is 3. The van der Waals surface area contributed by atoms with Crippen molar-refractivity contribution in [3.05, 3.63) is 35.8 Å². The van der Waals surface area contributed by atoms with E-state index in [1.165, 1.54) is 12.1 Å². The Balaban J connectivity index is 1.44. The Kier molecular flexibility index (Phi) is 4.90. The Morgan fingerprint density at radius 3 is 3.14 bits per heavy atom. The smallest absolute Gasteiger partial charge is 0.166 e. The second-order valence-electron chi connectivity index (χ2n) is 5.53. The maximum atomic E-state index is 13.1. The molecular weight excluding hydrogens is 301 g/mol. The van der Waals surface area contributed by atoms with E-state index in [2.05, 4.69) is 15.6 Å². The molecule has 0 bridgehead atoms. The minimum absolute atomic E-state index is 0.224. The number of aromatic amines is 1. The molecular formula is C16H20FN3OS. The highest BCUT2D eigenvalue weighted by atomic mass is 32.1. The highest BCUT2D eigenvalue weighted by molar-refractivity contribution is 7.80. The van der Waals surface area contributed by atoms with Crippen molar-refractivity contribution >= 4 is 28.2 Å². The van der Waals surface area contributed by atoms with Gasteiger partial charge in [-0.25, -0.2) is 4.39 Å². The highest BCUT2D eigenvalue weighted by Gasteiger charge is 2.15. The maximum Gasteiger partial charge on any atom is 0.166 e. The summed E-state index contributed by atoms with van der Waals surface area (Å²) in [5.74, 6) is -0.224. The van der Waals surface area contributed by atoms with Gasteiger partial charge in [0.25, 0.3) is 0 Å². The van der Waals surface area contributed by atoms with Crippen LogP contribution in [0.15, 0.2) is 24.4 Å². The van der Waals surface area contributed by atoms with Crippen molar-refractivity contribution in [2.24, 2.45) is 0 Å². The Hall–Kier alpha value is -1.66. The first kappa shape index (κ1) is 15.2. The van der Waals surface area contributed by atoms with Crippen LogP contribution in [0.5, 0.6) is 0 Å². The van der Waals surface area contributed by atoms with E-state index < -0.39 is 0 Å². The Bertz CT molecular complexity index is 652. The van der Waals surface area contributed by atoms with Gasteiger partial charge < -0.3 is 20.4 Å². The number of halogens is 1. The molecule has 2 heterocycles. The molecule has 118 valence electrons. The lowest BCUT2D eigenvalue weighted by molar-refractivity contribution is 0.114. The fourth-order valence-electron chi connectivity index (χ4n) is 2.75. The summed E-state index contributed by atoms with van der Waals surface area (Å²) in [6, 6.07) is 4.81. The molecule has 1 aliphatic heterocycles. The van der Waals surface area contributed by atoms with Gasteiger partial charge in [0, 0.05) is 36.8 Å². The van der Waals surface area contributed by atoms with Gasteiger partial charge in [-0.3, -0.25) is 0 Å². The molecule has 1 atom stereocenters. The van der Waals surface area contributed by atoms with Gasteiger partial charge in [0.15, 0.2) is 5.11 Å². The van der Waals surface area contributed by atoms with Crippen LogP contribution in [0.2, 0.25) is 0 Å². The van der Waals surface area contributed by atoms with Crippen LogP contribution in [0, 0.1) is 5.82 Å². The van der Waals surface area contributed by atoms with E-state index in [0.29, 0.717) is 5.11 Å². The number of hydrogen-bond donors (Lipinski definition) is 3. The molecule has 2 aromatic rings. The monoisotopic (exact) mass is 321 g/mol. The van der Waals surface area contributed by atoms with Crippen LogP contribution in [-0.4, -0.2) is 35.9 Å². The average Bonchev–Trinajstić information content (AvgIpc) is 3.15. The number of aromatic nitrogens is 1. The predicted molar refractivity (Wildman–Crippen MR) is 89.5 cm³/mol. The third kappa shape index (κ3) is 3.75. The summed E-state index contributed by atoms with van der Waals surface area (Å²) in [7, 11) is 0. The first-order valence-electron chi connectivity index (χ1n) is 7.61. The Morgan fingerprint density at radius 2 is 2.32 bits per heavy atom. The summed E-state index contributed by atoms with van der Waals surface area (Å²) in [5.41, 5.74) is 1.98. The van der Waals surface area contributed by atoms with Crippen LogP contribution in [0.25, 0.3) is 10.9 Å². The number of ether oxygens (including phenoxy) is 1. The number of hydrogen-bond acceptors (Lipinski definition) is 2. The quantitative estimate of drug-likeness (QED) is 0.741. The van der Waals surface area contributed by atoms with Gasteiger partial charge in [-0.05, 0) is 55.2 Å². The molecule has 22 heavy (non-hydrogen) atoms. The first-order chi connectivity index (χ1) is 10.7. The first-order valence-corrected chi connectivity index (χ1v) is 8.02. The lowest BCUT2D eigenvalue weighted by Crippen LogP contribution is -2.40. The van der Waals surface area contributed by atoms with Gasteiger partial charge in [-0.15, -0.1) is 0 Å². The predicted octanol–water partition coefficient (Wildman–Crippen LogP) is 2.49. The second kappa shape index (κ2) is 7.07. The molecule has 1 unspecified atom stereocenters. The minimum atomic E-state index is -0.224. The van der Waals surface area contributed by atoms with Crippen molar-refractivity contribution in [2.45, 2.75) is 25.4 Å². The van der Waals surface area contributed by atoms with Crippen LogP contribution >= 0.6 is 12.2 Å². The molecule has 1 aromatic carbocycles. The van der Waals surface area contributed by atoms with Crippen molar-refractivity contribution < 1.29 is 9.13 Å². The second-order valence-corrected chi connectivity index (χ2v) is 5.93. The molecule has 4 nitrogen and oxygen atoms in total. The number of benzene rings is 1. The van der Waals surface area contributed by atoms with E-state index in [0.717, 1.165) is 55.4 Å². The fourth-order valence-corrected chi connectivity index (χ4v) is 2.94. The normalized spacial score (nSPS) is 17.8. The molecule has 0 spiro atoms. The number of rotatable bonds is 5. The van der Waals surface area contributed by atoms with E-state index in [4.69, 9.17) is 17.0 Å². The minimum Gasteiger partial charge on any atom is -0.376 e. The summed E-state index contributed by atoms with van der Waals surface area (Å²) in [6.07, 6.45) is 5.26. The van der Waals surface area contributed by atoms with Gasteiger partial charge in [0.1, 0.15) is 5.82 Å². The van der Waals surface area contributed by atoms with E-state index >= 15 is 0 Å². The van der Waals surface area contributed by atoms with Crippen molar-refractivity contribution in [2.75, 3.05) is 19.7 Å². The molecule has 6 heteroatoms. The fraction of sp³-hybridized carbons (Fsp3) is 0.438. The number of H-pyrrole nitrogens is 1. The molecule has 1 fully saturated rings. The lowest BCUT2D eigenvalue weighted by Gasteiger charge is -2.13. The summed E-state index contributed by atoms with van der Waals surface area (Å²) in [5, 5.41) is 8.10. The Labute approximate surface area is 134 Å². The molecule has 3 rings (SSSR count). The molecule has 0 aliphatic carbocycles. The van der Waals surface area contributed by atoms with Crippen molar-refractivity contribution in [3.8, 4) is 0 Å². The third-order valence-corrected chi connectivity index (χ3v) is 4.21. The zero-order valence-corrected chi connectivity index (χ0v) is 13.1. The average molecular weight is 321 g/mol. The standard InChI is InChI=1S/C16H20FN3OS/c17-12-3-4-14-11(9-19-15(14)8-12)5-6-18-16(22)20-10-13-2-1-7-21-13/h3-4,8-9,13,19H,1-2,5-7,10H2,(H2,18,20,22). The van der Waals surface area contributed by atoms with Crippen molar-refractivity contribution in [1.29, 1.82) is 0 Å². The van der Waals surface area contributed by atoms with Crippen LogP contribution in [0.1, 0.15) is 18.4 Å². The van der Waals surface area contributed by atoms with Gasteiger partial charge in [-0.2, -0.15) is 0 Å². The van der Waals surface area contributed by atoms with Crippen LogP contribution in [0.4, 0.5) is 4.39 Å². The summed E-state index contributed by atoms with van der Waals surface area (Å²) >= 11 is 5.26. The molecule has 0 radical (unpaired) electrons. The zero-order valence-electron chi connectivity index (χ0n) is 12.3. The van der Waals surface area contributed by atoms with Crippen molar-refractivity contribution in [1.82, 2.24) is 15.6 Å². The molecule has 1 aliphatic rings. The third-order valence-electron chi connectivity index (χ3n) is 3.92. The van der Waals surface area contributed by atoms with Crippen molar-refractivity contribution in [3.63, 3.8) is 0 Å². The topological polar surface area (TPSA) is 49.1 Å². The van der Waals surface area contributed by atoms with Gasteiger partial charge in [-0.1, -0.05) is 0 Å². The number of fused-ring (bicyclic) bond motifs is 1.